The number of fused-ring (bicyclic) bond motifs is 3. The number of carbonyl (C=O) groups excluding carboxylic acids is 2. The van der Waals surface area contributed by atoms with Crippen molar-refractivity contribution in [3.05, 3.63) is 95.6 Å². The van der Waals surface area contributed by atoms with Gasteiger partial charge in [-0.15, -0.1) is 0 Å². The maximum Gasteiger partial charge on any atom is 0.408 e. The largest absolute Gasteiger partial charge is 0.480 e. The Labute approximate surface area is 215 Å². The lowest BCUT2D eigenvalue weighted by Crippen LogP contribution is -2.41. The number of ether oxygens (including phenoxy) is 2. The van der Waals surface area contributed by atoms with E-state index in [1.807, 2.05) is 54.6 Å². The summed E-state index contributed by atoms with van der Waals surface area (Å²) in [5.74, 6) is -1.15. The van der Waals surface area contributed by atoms with Crippen LogP contribution in [0.25, 0.3) is 11.1 Å². The zero-order valence-corrected chi connectivity index (χ0v) is 20.4. The molecule has 192 valence electrons. The number of carboxylic acids is 1. The topological polar surface area (TPSA) is 114 Å². The Morgan fingerprint density at radius 1 is 0.784 bits per heavy atom. The molecule has 1 aliphatic carbocycles. The highest BCUT2D eigenvalue weighted by molar-refractivity contribution is 5.80. The zero-order chi connectivity index (χ0) is 26.0. The Hall–Kier alpha value is -4.33. The lowest BCUT2D eigenvalue weighted by atomic mass is 9.98. The molecule has 0 saturated heterocycles. The van der Waals surface area contributed by atoms with Gasteiger partial charge in [-0.2, -0.15) is 0 Å². The van der Waals surface area contributed by atoms with E-state index in [4.69, 9.17) is 9.47 Å². The summed E-state index contributed by atoms with van der Waals surface area (Å²) in [4.78, 5) is 35.7. The molecule has 2 amide bonds. The van der Waals surface area contributed by atoms with Crippen LogP contribution in [0.2, 0.25) is 0 Å². The predicted octanol–water partition coefficient (Wildman–Crippen LogP) is 5.08. The predicted molar refractivity (Wildman–Crippen MR) is 138 cm³/mol. The number of hydrogen-bond acceptors (Lipinski definition) is 5. The van der Waals surface area contributed by atoms with Crippen LogP contribution in [-0.2, 0) is 20.9 Å². The molecule has 0 fully saturated rings. The minimum absolute atomic E-state index is 0.0119. The average molecular weight is 503 g/mol. The molecule has 8 heteroatoms. The molecule has 1 aliphatic rings. The summed E-state index contributed by atoms with van der Waals surface area (Å²) in [6.45, 7) is 0.625. The first-order valence-electron chi connectivity index (χ1n) is 12.3. The number of aliphatic carboxylic acids is 1. The number of carbonyl (C=O) groups is 3. The maximum atomic E-state index is 12.3. The molecular formula is C29H30N2O6. The highest BCUT2D eigenvalue weighted by Gasteiger charge is 2.29. The van der Waals surface area contributed by atoms with E-state index < -0.39 is 24.2 Å². The summed E-state index contributed by atoms with van der Waals surface area (Å²) >= 11 is 0. The van der Waals surface area contributed by atoms with E-state index in [2.05, 4.69) is 34.9 Å². The van der Waals surface area contributed by atoms with Gasteiger partial charge in [0.15, 0.2) is 0 Å². The Balaban J connectivity index is 1.15. The van der Waals surface area contributed by atoms with Crippen LogP contribution in [0, 0.1) is 0 Å². The molecule has 3 aromatic rings. The third kappa shape index (κ3) is 6.88. The SMILES string of the molecule is O=C(NCCCCC(NC(=O)OCc1ccccc1)C(=O)O)OCC1c2ccccc2-c2ccccc21. The van der Waals surface area contributed by atoms with Gasteiger partial charge in [0, 0.05) is 12.5 Å². The van der Waals surface area contributed by atoms with Crippen LogP contribution in [0.1, 0.15) is 41.9 Å². The van der Waals surface area contributed by atoms with Crippen molar-refractivity contribution >= 4 is 18.2 Å². The minimum Gasteiger partial charge on any atom is -0.480 e. The van der Waals surface area contributed by atoms with Gasteiger partial charge in [-0.25, -0.2) is 14.4 Å². The van der Waals surface area contributed by atoms with Gasteiger partial charge in [0.05, 0.1) is 0 Å². The Kier molecular flexibility index (Phi) is 8.75. The molecule has 0 saturated carbocycles. The number of amides is 2. The van der Waals surface area contributed by atoms with Gasteiger partial charge in [0.1, 0.15) is 19.3 Å². The van der Waals surface area contributed by atoms with Gasteiger partial charge < -0.3 is 25.2 Å². The maximum absolute atomic E-state index is 12.3. The third-order valence-electron chi connectivity index (χ3n) is 6.34. The molecule has 1 unspecified atom stereocenters. The molecule has 8 nitrogen and oxygen atoms in total. The number of unbranched alkanes of at least 4 members (excludes halogenated alkanes) is 1. The van der Waals surface area contributed by atoms with Crippen molar-refractivity contribution in [3.8, 4) is 11.1 Å². The number of nitrogens with one attached hydrogen (secondary N) is 2. The Bertz CT molecular complexity index is 1180. The fourth-order valence-electron chi connectivity index (χ4n) is 4.48. The monoisotopic (exact) mass is 502 g/mol. The van der Waals surface area contributed by atoms with E-state index in [-0.39, 0.29) is 25.6 Å². The molecular weight excluding hydrogens is 472 g/mol. The van der Waals surface area contributed by atoms with Crippen molar-refractivity contribution in [1.29, 1.82) is 0 Å². The smallest absolute Gasteiger partial charge is 0.408 e. The van der Waals surface area contributed by atoms with Crippen molar-refractivity contribution in [2.75, 3.05) is 13.2 Å². The first-order valence-corrected chi connectivity index (χ1v) is 12.3. The Morgan fingerprint density at radius 2 is 1.41 bits per heavy atom. The molecule has 1 atom stereocenters. The summed E-state index contributed by atoms with van der Waals surface area (Å²) < 4.78 is 10.6. The van der Waals surface area contributed by atoms with Gasteiger partial charge in [0.25, 0.3) is 0 Å². The first kappa shape index (κ1) is 25.8. The van der Waals surface area contributed by atoms with Gasteiger partial charge in [-0.05, 0) is 47.1 Å². The van der Waals surface area contributed by atoms with Crippen LogP contribution < -0.4 is 10.6 Å². The molecule has 37 heavy (non-hydrogen) atoms. The van der Waals surface area contributed by atoms with Gasteiger partial charge >= 0.3 is 18.2 Å². The lowest BCUT2D eigenvalue weighted by molar-refractivity contribution is -0.139. The number of carboxylic acid groups (broad SMARTS) is 1. The van der Waals surface area contributed by atoms with E-state index in [1.165, 1.54) is 0 Å². The highest BCUT2D eigenvalue weighted by atomic mass is 16.6. The van der Waals surface area contributed by atoms with Crippen molar-refractivity contribution in [2.45, 2.75) is 37.8 Å². The van der Waals surface area contributed by atoms with Crippen LogP contribution in [0.5, 0.6) is 0 Å². The second kappa shape index (κ2) is 12.6. The van der Waals surface area contributed by atoms with Crippen molar-refractivity contribution in [1.82, 2.24) is 10.6 Å². The molecule has 0 radical (unpaired) electrons. The van der Waals surface area contributed by atoms with Gasteiger partial charge in [0.2, 0.25) is 0 Å². The van der Waals surface area contributed by atoms with E-state index in [0.29, 0.717) is 19.4 Å². The molecule has 3 aromatic carbocycles. The first-order chi connectivity index (χ1) is 18.0. The standard InChI is InChI=1S/C29H30N2O6/c32-27(33)26(31-29(35)36-18-20-10-2-1-3-11-20)16-8-9-17-30-28(34)37-19-25-23-14-6-4-12-21(23)22-13-5-7-15-24(22)25/h1-7,10-15,25-26H,8-9,16-19H2,(H,30,34)(H,31,35)(H,32,33). The average Bonchev–Trinajstić information content (AvgIpc) is 3.24. The molecule has 4 rings (SSSR count). The molecule has 0 heterocycles. The summed E-state index contributed by atoms with van der Waals surface area (Å²) in [5, 5.41) is 14.5. The molecule has 3 N–H and O–H groups in total. The molecule has 0 aromatic heterocycles. The second-order valence-corrected chi connectivity index (χ2v) is 8.84. The van der Waals surface area contributed by atoms with Crippen LogP contribution in [0.3, 0.4) is 0 Å². The van der Waals surface area contributed by atoms with E-state index >= 15 is 0 Å². The fraction of sp³-hybridized carbons (Fsp3) is 0.276. The number of hydrogen-bond donors (Lipinski definition) is 3. The number of rotatable bonds is 11. The van der Waals surface area contributed by atoms with Crippen molar-refractivity contribution < 1.29 is 29.0 Å². The van der Waals surface area contributed by atoms with Gasteiger partial charge in [-0.3, -0.25) is 0 Å². The Morgan fingerprint density at radius 3 is 2.05 bits per heavy atom. The third-order valence-corrected chi connectivity index (χ3v) is 6.34. The van der Waals surface area contributed by atoms with E-state index in [1.54, 1.807) is 0 Å². The molecule has 0 aliphatic heterocycles. The van der Waals surface area contributed by atoms with Crippen LogP contribution in [-0.4, -0.2) is 42.5 Å². The van der Waals surface area contributed by atoms with E-state index in [9.17, 15) is 19.5 Å². The summed E-state index contributed by atoms with van der Waals surface area (Å²) in [6, 6.07) is 24.3. The van der Waals surface area contributed by atoms with Crippen LogP contribution in [0.4, 0.5) is 9.59 Å². The van der Waals surface area contributed by atoms with E-state index in [0.717, 1.165) is 27.8 Å². The van der Waals surface area contributed by atoms with Crippen molar-refractivity contribution in [3.63, 3.8) is 0 Å². The highest BCUT2D eigenvalue weighted by Crippen LogP contribution is 2.44. The normalized spacial score (nSPS) is 12.6. The van der Waals surface area contributed by atoms with Crippen molar-refractivity contribution in [2.24, 2.45) is 0 Å². The van der Waals surface area contributed by atoms with Crippen LogP contribution in [0.15, 0.2) is 78.9 Å². The van der Waals surface area contributed by atoms with Crippen LogP contribution >= 0.6 is 0 Å². The molecule has 0 bridgehead atoms. The second-order valence-electron chi connectivity index (χ2n) is 8.84. The quantitative estimate of drug-likeness (QED) is 0.315. The minimum atomic E-state index is -1.14. The summed E-state index contributed by atoms with van der Waals surface area (Å²) in [7, 11) is 0. The summed E-state index contributed by atoms with van der Waals surface area (Å²) in [6.07, 6.45) is -0.0662. The molecule has 0 spiro atoms. The number of benzene rings is 3. The zero-order valence-electron chi connectivity index (χ0n) is 20.4. The summed E-state index contributed by atoms with van der Waals surface area (Å²) in [5.41, 5.74) is 5.43. The number of alkyl carbamates (subject to hydrolysis) is 2. The lowest BCUT2D eigenvalue weighted by Gasteiger charge is -2.15. The van der Waals surface area contributed by atoms with Gasteiger partial charge in [-0.1, -0.05) is 78.9 Å². The fourth-order valence-corrected chi connectivity index (χ4v) is 4.48.